The van der Waals surface area contributed by atoms with E-state index in [1.807, 2.05) is 81.4 Å². The van der Waals surface area contributed by atoms with Gasteiger partial charge in [-0.1, -0.05) is 48.5 Å². The van der Waals surface area contributed by atoms with E-state index in [1.54, 1.807) is 4.90 Å². The molecule has 1 aliphatic rings. The summed E-state index contributed by atoms with van der Waals surface area (Å²) in [5, 5.41) is 6.71. The number of hydrogen-bond donors (Lipinski definition) is 2. The number of likely N-dealkylation sites (tertiary alicyclic amines) is 1. The van der Waals surface area contributed by atoms with E-state index in [9.17, 15) is 4.79 Å². The van der Waals surface area contributed by atoms with Crippen LogP contribution in [0.4, 0.5) is 22.4 Å². The quantitative estimate of drug-likeness (QED) is 0.564. The van der Waals surface area contributed by atoms with Crippen LogP contribution in [0.15, 0.2) is 60.7 Å². The van der Waals surface area contributed by atoms with Gasteiger partial charge in [0.05, 0.1) is 0 Å². The number of amides is 1. The molecular weight excluding hydrogens is 416 g/mol. The second kappa shape index (κ2) is 9.85. The summed E-state index contributed by atoms with van der Waals surface area (Å²) in [4.78, 5) is 28.0. The highest BCUT2D eigenvalue weighted by Crippen LogP contribution is 2.22. The molecule has 2 heterocycles. The van der Waals surface area contributed by atoms with Gasteiger partial charge in [0.1, 0.15) is 5.60 Å². The number of nitrogens with zero attached hydrogens (tertiary/aromatic N) is 4. The molecule has 3 aromatic rings. The summed E-state index contributed by atoms with van der Waals surface area (Å²) in [5.74, 6) is 1.58. The molecular formula is C25H30N6O2. The average Bonchev–Trinajstić information content (AvgIpc) is 2.79. The first-order valence-electron chi connectivity index (χ1n) is 11.2. The molecule has 0 atom stereocenters. The lowest BCUT2D eigenvalue weighted by molar-refractivity contribution is 0.0210. The van der Waals surface area contributed by atoms with Crippen LogP contribution in [-0.4, -0.2) is 50.7 Å². The second-order valence-electron chi connectivity index (χ2n) is 9.05. The highest BCUT2D eigenvalue weighted by atomic mass is 16.6. The number of carbonyl (C=O) groups is 1. The van der Waals surface area contributed by atoms with Crippen molar-refractivity contribution in [1.82, 2.24) is 19.9 Å². The molecule has 1 aliphatic heterocycles. The standard InChI is InChI=1S/C25H30N6O2/c1-25(2,3)33-24(32)31-16-14-20(15-17-31)27-23-29-21(18-10-6-4-7-11-18)28-22(30-23)26-19-12-8-5-9-13-19/h4-13,20H,14-17H2,1-3H3,(H2,26,27,28,29,30). The number of ether oxygens (including phenoxy) is 1. The number of hydrogen-bond acceptors (Lipinski definition) is 7. The maximum absolute atomic E-state index is 12.3. The van der Waals surface area contributed by atoms with Gasteiger partial charge < -0.3 is 20.3 Å². The Morgan fingerprint density at radius 1 is 0.909 bits per heavy atom. The van der Waals surface area contributed by atoms with E-state index in [2.05, 4.69) is 25.6 Å². The van der Waals surface area contributed by atoms with Crippen molar-refractivity contribution in [2.75, 3.05) is 23.7 Å². The van der Waals surface area contributed by atoms with Crippen molar-refractivity contribution in [3.63, 3.8) is 0 Å². The van der Waals surface area contributed by atoms with Gasteiger partial charge in [-0.15, -0.1) is 0 Å². The molecule has 0 unspecified atom stereocenters. The maximum Gasteiger partial charge on any atom is 0.410 e. The summed E-state index contributed by atoms with van der Waals surface area (Å²) < 4.78 is 5.49. The van der Waals surface area contributed by atoms with Crippen LogP contribution in [0, 0.1) is 0 Å². The van der Waals surface area contributed by atoms with Crippen molar-refractivity contribution < 1.29 is 9.53 Å². The summed E-state index contributed by atoms with van der Waals surface area (Å²) in [6, 6.07) is 19.8. The zero-order valence-electron chi connectivity index (χ0n) is 19.3. The maximum atomic E-state index is 12.3. The lowest BCUT2D eigenvalue weighted by Gasteiger charge is -2.33. The molecule has 33 heavy (non-hydrogen) atoms. The predicted octanol–water partition coefficient (Wildman–Crippen LogP) is 5.09. The van der Waals surface area contributed by atoms with E-state index >= 15 is 0 Å². The van der Waals surface area contributed by atoms with E-state index < -0.39 is 5.60 Å². The highest BCUT2D eigenvalue weighted by molar-refractivity contribution is 5.68. The first-order valence-corrected chi connectivity index (χ1v) is 11.2. The Bertz CT molecular complexity index is 1060. The Kier molecular flexibility index (Phi) is 6.72. The first-order chi connectivity index (χ1) is 15.9. The molecule has 4 rings (SSSR count). The molecule has 1 amide bonds. The average molecular weight is 447 g/mol. The molecule has 1 saturated heterocycles. The molecule has 2 N–H and O–H groups in total. The monoisotopic (exact) mass is 446 g/mol. The van der Waals surface area contributed by atoms with Gasteiger partial charge >= 0.3 is 6.09 Å². The number of benzene rings is 2. The zero-order chi connectivity index (χ0) is 23.3. The molecule has 8 heteroatoms. The second-order valence-corrected chi connectivity index (χ2v) is 9.05. The summed E-state index contributed by atoms with van der Waals surface area (Å²) >= 11 is 0. The number of nitrogens with one attached hydrogen (secondary N) is 2. The van der Waals surface area contributed by atoms with Crippen molar-refractivity contribution in [1.29, 1.82) is 0 Å². The van der Waals surface area contributed by atoms with Crippen molar-refractivity contribution in [3.05, 3.63) is 60.7 Å². The van der Waals surface area contributed by atoms with Gasteiger partial charge in [0.15, 0.2) is 5.82 Å². The van der Waals surface area contributed by atoms with Crippen LogP contribution in [0.2, 0.25) is 0 Å². The Labute approximate surface area is 194 Å². The Morgan fingerprint density at radius 3 is 2.15 bits per heavy atom. The first kappa shape index (κ1) is 22.5. The normalized spacial score (nSPS) is 14.6. The van der Waals surface area contributed by atoms with E-state index in [0.717, 1.165) is 24.1 Å². The Hall–Kier alpha value is -3.68. The summed E-state index contributed by atoms with van der Waals surface area (Å²) in [5.41, 5.74) is 1.32. The van der Waals surface area contributed by atoms with Gasteiger partial charge in [0.25, 0.3) is 0 Å². The van der Waals surface area contributed by atoms with E-state index in [-0.39, 0.29) is 12.1 Å². The molecule has 0 bridgehead atoms. The number of anilines is 3. The molecule has 1 fully saturated rings. The third-order valence-corrected chi connectivity index (χ3v) is 5.18. The SMILES string of the molecule is CC(C)(C)OC(=O)N1CCC(Nc2nc(Nc3ccccc3)nc(-c3ccccc3)n2)CC1. The van der Waals surface area contributed by atoms with Gasteiger partial charge in [-0.2, -0.15) is 15.0 Å². The van der Waals surface area contributed by atoms with Crippen LogP contribution < -0.4 is 10.6 Å². The molecule has 2 aromatic carbocycles. The zero-order valence-corrected chi connectivity index (χ0v) is 19.3. The van der Waals surface area contributed by atoms with Crippen molar-refractivity contribution in [3.8, 4) is 11.4 Å². The van der Waals surface area contributed by atoms with Crippen LogP contribution in [0.3, 0.4) is 0 Å². The van der Waals surface area contributed by atoms with Crippen LogP contribution in [0.25, 0.3) is 11.4 Å². The third-order valence-electron chi connectivity index (χ3n) is 5.18. The molecule has 0 spiro atoms. The predicted molar refractivity (Wildman–Crippen MR) is 129 cm³/mol. The lowest BCUT2D eigenvalue weighted by Crippen LogP contribution is -2.44. The number of rotatable bonds is 5. The fourth-order valence-electron chi connectivity index (χ4n) is 3.58. The van der Waals surface area contributed by atoms with Gasteiger partial charge in [-0.3, -0.25) is 0 Å². The largest absolute Gasteiger partial charge is 0.444 e. The van der Waals surface area contributed by atoms with Crippen LogP contribution in [-0.2, 0) is 4.74 Å². The van der Waals surface area contributed by atoms with Crippen LogP contribution >= 0.6 is 0 Å². The summed E-state index contributed by atoms with van der Waals surface area (Å²) in [6.45, 7) is 6.89. The van der Waals surface area contributed by atoms with Crippen molar-refractivity contribution in [2.24, 2.45) is 0 Å². The van der Waals surface area contributed by atoms with E-state index in [4.69, 9.17) is 4.74 Å². The fourth-order valence-corrected chi connectivity index (χ4v) is 3.58. The minimum atomic E-state index is -0.493. The molecule has 172 valence electrons. The topological polar surface area (TPSA) is 92.3 Å². The number of piperidine rings is 1. The van der Waals surface area contributed by atoms with Crippen molar-refractivity contribution >= 4 is 23.7 Å². The van der Waals surface area contributed by atoms with Gasteiger partial charge in [0, 0.05) is 30.4 Å². The summed E-state index contributed by atoms with van der Waals surface area (Å²) in [6.07, 6.45) is 1.31. The van der Waals surface area contributed by atoms with E-state index in [1.165, 1.54) is 0 Å². The highest BCUT2D eigenvalue weighted by Gasteiger charge is 2.27. The molecule has 1 aromatic heterocycles. The van der Waals surface area contributed by atoms with Crippen LogP contribution in [0.1, 0.15) is 33.6 Å². The molecule has 0 radical (unpaired) electrons. The minimum Gasteiger partial charge on any atom is -0.444 e. The fraction of sp³-hybridized carbons (Fsp3) is 0.360. The van der Waals surface area contributed by atoms with Gasteiger partial charge in [0.2, 0.25) is 11.9 Å². The number of para-hydroxylation sites is 1. The Morgan fingerprint density at radius 2 is 1.52 bits per heavy atom. The summed E-state index contributed by atoms with van der Waals surface area (Å²) in [7, 11) is 0. The minimum absolute atomic E-state index is 0.152. The van der Waals surface area contributed by atoms with Crippen LogP contribution in [0.5, 0.6) is 0 Å². The Balaban J connectivity index is 1.48. The van der Waals surface area contributed by atoms with Crippen molar-refractivity contribution in [2.45, 2.75) is 45.3 Å². The van der Waals surface area contributed by atoms with E-state index in [0.29, 0.717) is 30.8 Å². The molecule has 8 nitrogen and oxygen atoms in total. The number of aromatic nitrogens is 3. The number of carbonyl (C=O) groups excluding carboxylic acids is 1. The third kappa shape index (κ3) is 6.41. The molecule has 0 aliphatic carbocycles. The molecule has 0 saturated carbocycles. The van der Waals surface area contributed by atoms with Gasteiger partial charge in [-0.25, -0.2) is 4.79 Å². The smallest absolute Gasteiger partial charge is 0.410 e. The lowest BCUT2D eigenvalue weighted by atomic mass is 10.1. The van der Waals surface area contributed by atoms with Gasteiger partial charge in [-0.05, 0) is 45.7 Å².